The highest BCUT2D eigenvalue weighted by Gasteiger charge is 2.38. The molecule has 12 aromatic rings. The third-order valence-electron chi connectivity index (χ3n) is 13.6. The van der Waals surface area contributed by atoms with Crippen LogP contribution >= 0.6 is 0 Å². The fraction of sp³-hybridized carbons (Fsp3) is 0.0508. The van der Waals surface area contributed by atoms with E-state index >= 15 is 0 Å². The van der Waals surface area contributed by atoms with Crippen molar-refractivity contribution < 1.29 is 4.42 Å². The van der Waals surface area contributed by atoms with E-state index in [1.807, 2.05) is 0 Å². The maximum absolute atomic E-state index is 6.91. The van der Waals surface area contributed by atoms with Crippen molar-refractivity contribution in [3.05, 3.63) is 205 Å². The van der Waals surface area contributed by atoms with E-state index in [9.17, 15) is 0 Å². The van der Waals surface area contributed by atoms with E-state index in [-0.39, 0.29) is 5.41 Å². The molecule has 0 saturated heterocycles. The Kier molecular flexibility index (Phi) is 6.85. The number of rotatable bonds is 3. The first kappa shape index (κ1) is 33.5. The molecule has 0 unspecified atom stereocenters. The number of benzene rings is 11. The number of hydrogen-bond donors (Lipinski definition) is 0. The fourth-order valence-electron chi connectivity index (χ4n) is 11.0. The van der Waals surface area contributed by atoms with Crippen molar-refractivity contribution in [3.8, 4) is 44.5 Å². The van der Waals surface area contributed by atoms with Crippen LogP contribution in [0.3, 0.4) is 0 Å². The standard InChI is InChI=1S/C59H38O/c1-59(2)51-26-14-13-20-42(51)49-31-32-52-57(58(49)59)56-43-21-8-7-19-40(43)50(34-53(56)60-52)41-29-30-48(39-18-6-5-17-38(39)41)55-46-24-11-9-22-44(46)54(45-23-10-12-25-47(45)55)37-28-27-35-15-3-4-16-36(35)33-37/h3-34H,1-2H3. The molecule has 0 bridgehead atoms. The average Bonchev–Trinajstić information content (AvgIpc) is 3.79. The van der Waals surface area contributed by atoms with Crippen LogP contribution in [-0.4, -0.2) is 0 Å². The quantitative estimate of drug-likeness (QED) is 0.163. The van der Waals surface area contributed by atoms with E-state index < -0.39 is 0 Å². The zero-order valence-corrected chi connectivity index (χ0v) is 33.4. The molecule has 60 heavy (non-hydrogen) atoms. The van der Waals surface area contributed by atoms with E-state index in [1.165, 1.54) is 120 Å². The first-order valence-electron chi connectivity index (χ1n) is 21.0. The van der Waals surface area contributed by atoms with Gasteiger partial charge in [-0.1, -0.05) is 190 Å². The van der Waals surface area contributed by atoms with Gasteiger partial charge in [0.1, 0.15) is 11.2 Å². The average molecular weight is 763 g/mol. The van der Waals surface area contributed by atoms with Gasteiger partial charge in [-0.25, -0.2) is 0 Å². The molecule has 1 aromatic heterocycles. The normalized spacial score (nSPS) is 13.3. The van der Waals surface area contributed by atoms with Crippen molar-refractivity contribution in [1.82, 2.24) is 0 Å². The third-order valence-corrected chi connectivity index (χ3v) is 13.6. The Hall–Kier alpha value is -7.48. The van der Waals surface area contributed by atoms with Gasteiger partial charge in [-0.2, -0.15) is 0 Å². The third kappa shape index (κ3) is 4.52. The molecular formula is C59H38O. The molecule has 0 N–H and O–H groups in total. The van der Waals surface area contributed by atoms with Gasteiger partial charge < -0.3 is 4.42 Å². The Morgan fingerprint density at radius 2 is 0.867 bits per heavy atom. The van der Waals surface area contributed by atoms with E-state index in [0.717, 1.165) is 11.2 Å². The van der Waals surface area contributed by atoms with Crippen molar-refractivity contribution >= 4 is 75.8 Å². The lowest BCUT2D eigenvalue weighted by Gasteiger charge is -2.22. The zero-order valence-electron chi connectivity index (χ0n) is 33.4. The highest BCUT2D eigenvalue weighted by atomic mass is 16.3. The summed E-state index contributed by atoms with van der Waals surface area (Å²) in [6.07, 6.45) is 0. The smallest absolute Gasteiger partial charge is 0.136 e. The maximum Gasteiger partial charge on any atom is 0.136 e. The first-order valence-corrected chi connectivity index (χ1v) is 21.0. The van der Waals surface area contributed by atoms with Gasteiger partial charge in [0.2, 0.25) is 0 Å². The Morgan fingerprint density at radius 1 is 0.333 bits per heavy atom. The van der Waals surface area contributed by atoms with Gasteiger partial charge in [0.15, 0.2) is 0 Å². The van der Waals surface area contributed by atoms with Crippen molar-refractivity contribution in [3.63, 3.8) is 0 Å². The van der Waals surface area contributed by atoms with Crippen LogP contribution in [0.1, 0.15) is 25.0 Å². The molecule has 0 atom stereocenters. The molecule has 13 rings (SSSR count). The summed E-state index contributed by atoms with van der Waals surface area (Å²) in [5, 5.41) is 14.9. The Bertz CT molecular complexity index is 3750. The van der Waals surface area contributed by atoms with E-state index in [1.54, 1.807) is 0 Å². The second-order valence-electron chi connectivity index (χ2n) is 17.1. The van der Waals surface area contributed by atoms with Gasteiger partial charge in [-0.05, 0) is 128 Å². The lowest BCUT2D eigenvalue weighted by molar-refractivity contribution is 0.657. The predicted molar refractivity (Wildman–Crippen MR) is 255 cm³/mol. The molecule has 0 spiro atoms. The highest BCUT2D eigenvalue weighted by molar-refractivity contribution is 6.27. The van der Waals surface area contributed by atoms with Crippen molar-refractivity contribution in [2.45, 2.75) is 19.3 Å². The SMILES string of the molecule is CC1(C)c2ccccc2-c2ccc3oc4cc(-c5ccc(-c6c7ccccc7c(-c7ccc8ccccc8c7)c7ccccc67)c6ccccc56)c5ccccc5c4c3c21. The molecule has 0 aliphatic heterocycles. The van der Waals surface area contributed by atoms with Crippen LogP contribution in [0.4, 0.5) is 0 Å². The van der Waals surface area contributed by atoms with Crippen molar-refractivity contribution in [2.75, 3.05) is 0 Å². The molecular weight excluding hydrogens is 725 g/mol. The molecule has 1 heteroatoms. The molecule has 0 amide bonds. The molecule has 1 aliphatic carbocycles. The largest absolute Gasteiger partial charge is 0.456 e. The Labute approximate surface area is 347 Å². The summed E-state index contributed by atoms with van der Waals surface area (Å²) in [4.78, 5) is 0. The van der Waals surface area contributed by atoms with E-state index in [4.69, 9.17) is 4.42 Å². The van der Waals surface area contributed by atoms with Crippen molar-refractivity contribution in [1.29, 1.82) is 0 Å². The summed E-state index contributed by atoms with van der Waals surface area (Å²) in [6, 6.07) is 71.8. The summed E-state index contributed by atoms with van der Waals surface area (Å²) in [6.45, 7) is 4.73. The van der Waals surface area contributed by atoms with Crippen LogP contribution in [0.25, 0.3) is 120 Å². The first-order chi connectivity index (χ1) is 29.5. The van der Waals surface area contributed by atoms with E-state index in [2.05, 4.69) is 208 Å². The zero-order chi connectivity index (χ0) is 39.7. The molecule has 1 heterocycles. The number of fused-ring (bicyclic) bond motifs is 13. The second kappa shape index (κ2) is 12.3. The van der Waals surface area contributed by atoms with Crippen LogP contribution in [-0.2, 0) is 5.41 Å². The van der Waals surface area contributed by atoms with Crippen molar-refractivity contribution in [2.24, 2.45) is 0 Å². The van der Waals surface area contributed by atoms with Crippen LogP contribution < -0.4 is 0 Å². The highest BCUT2D eigenvalue weighted by Crippen LogP contribution is 2.55. The van der Waals surface area contributed by atoms with Gasteiger partial charge in [0, 0.05) is 16.2 Å². The van der Waals surface area contributed by atoms with Crippen LogP contribution in [0.15, 0.2) is 199 Å². The minimum atomic E-state index is -0.157. The Morgan fingerprint density at radius 3 is 1.58 bits per heavy atom. The predicted octanol–water partition coefficient (Wildman–Crippen LogP) is 16.7. The van der Waals surface area contributed by atoms with E-state index in [0.29, 0.717) is 0 Å². The summed E-state index contributed by atoms with van der Waals surface area (Å²) in [5.74, 6) is 0. The summed E-state index contributed by atoms with van der Waals surface area (Å²) in [7, 11) is 0. The molecule has 1 nitrogen and oxygen atoms in total. The minimum absolute atomic E-state index is 0.157. The number of hydrogen-bond acceptors (Lipinski definition) is 1. The Balaban J connectivity index is 1.06. The second-order valence-corrected chi connectivity index (χ2v) is 17.1. The van der Waals surface area contributed by atoms with Gasteiger partial charge in [0.05, 0.1) is 0 Å². The lowest BCUT2D eigenvalue weighted by atomic mass is 9.80. The molecule has 0 saturated carbocycles. The van der Waals surface area contributed by atoms with Crippen LogP contribution in [0.2, 0.25) is 0 Å². The monoisotopic (exact) mass is 762 g/mol. The number of furan rings is 1. The minimum Gasteiger partial charge on any atom is -0.456 e. The summed E-state index contributed by atoms with van der Waals surface area (Å²) < 4.78 is 6.91. The molecule has 11 aromatic carbocycles. The van der Waals surface area contributed by atoms with Gasteiger partial charge in [-0.3, -0.25) is 0 Å². The van der Waals surface area contributed by atoms with Crippen LogP contribution in [0.5, 0.6) is 0 Å². The summed E-state index contributed by atoms with van der Waals surface area (Å²) in [5.41, 5.74) is 14.5. The van der Waals surface area contributed by atoms with Gasteiger partial charge in [0.25, 0.3) is 0 Å². The molecule has 0 fully saturated rings. The maximum atomic E-state index is 6.91. The molecule has 0 radical (unpaired) electrons. The lowest BCUT2D eigenvalue weighted by Crippen LogP contribution is -2.15. The summed E-state index contributed by atoms with van der Waals surface area (Å²) >= 11 is 0. The molecule has 280 valence electrons. The van der Waals surface area contributed by atoms with Gasteiger partial charge >= 0.3 is 0 Å². The fourth-order valence-corrected chi connectivity index (χ4v) is 11.0. The van der Waals surface area contributed by atoms with Gasteiger partial charge in [-0.15, -0.1) is 0 Å². The van der Waals surface area contributed by atoms with Crippen LogP contribution in [0, 0.1) is 0 Å². The topological polar surface area (TPSA) is 13.1 Å². The molecule has 1 aliphatic rings.